The van der Waals surface area contributed by atoms with Gasteiger partial charge in [0.1, 0.15) is 5.82 Å². The number of nitrogens with zero attached hydrogens (tertiary/aromatic N) is 3. The van der Waals surface area contributed by atoms with E-state index in [4.69, 9.17) is 11.6 Å². The van der Waals surface area contributed by atoms with Crippen molar-refractivity contribution in [3.05, 3.63) is 11.1 Å². The van der Waals surface area contributed by atoms with E-state index in [0.29, 0.717) is 23.2 Å². The largest absolute Gasteiger partial charge is 0.351 e. The van der Waals surface area contributed by atoms with Gasteiger partial charge in [0.15, 0.2) is 0 Å². The number of hydrogen-bond acceptors (Lipinski definition) is 4. The molecule has 1 aromatic rings. The fourth-order valence-electron chi connectivity index (χ4n) is 2.80. The maximum absolute atomic E-state index is 5.85. The second kappa shape index (κ2) is 5.61. The third kappa shape index (κ3) is 4.03. The summed E-state index contributed by atoms with van der Waals surface area (Å²) < 4.78 is 0. The lowest BCUT2D eigenvalue weighted by atomic mass is 9.71. The number of rotatable bonds is 2. The highest BCUT2D eigenvalue weighted by Crippen LogP contribution is 2.38. The number of anilines is 1. The predicted molar refractivity (Wildman–Crippen MR) is 78.4 cm³/mol. The molecule has 0 unspecified atom stereocenters. The van der Waals surface area contributed by atoms with Crippen LogP contribution in [0.4, 0.5) is 5.95 Å². The Morgan fingerprint density at radius 3 is 2.21 bits per heavy atom. The van der Waals surface area contributed by atoms with Gasteiger partial charge in [0.25, 0.3) is 0 Å². The number of hydrogen-bond donors (Lipinski definition) is 1. The quantitative estimate of drug-likeness (QED) is 0.895. The molecule has 0 aromatic carbocycles. The van der Waals surface area contributed by atoms with Crippen LogP contribution in [0.25, 0.3) is 0 Å². The first-order chi connectivity index (χ1) is 8.84. The van der Waals surface area contributed by atoms with Crippen LogP contribution in [0.2, 0.25) is 5.28 Å². The Kier molecular flexibility index (Phi) is 4.29. The summed E-state index contributed by atoms with van der Waals surface area (Å²) in [5, 5.41) is 3.65. The summed E-state index contributed by atoms with van der Waals surface area (Å²) in [6.07, 6.45) is 4.87. The van der Waals surface area contributed by atoms with E-state index in [2.05, 4.69) is 41.0 Å². The highest BCUT2D eigenvalue weighted by molar-refractivity contribution is 6.28. The molecule has 19 heavy (non-hydrogen) atoms. The van der Waals surface area contributed by atoms with Crippen LogP contribution < -0.4 is 5.32 Å². The molecule has 1 aromatic heterocycles. The zero-order chi connectivity index (χ0) is 14.0. The van der Waals surface area contributed by atoms with Crippen molar-refractivity contribution < 1.29 is 0 Å². The summed E-state index contributed by atoms with van der Waals surface area (Å²) in [5.41, 5.74) is 0.415. The molecular formula is C14H23ClN4. The SMILES string of the molecule is Cc1nc(Cl)nc(NC2CCC(C(C)(C)C)CC2)n1. The molecule has 1 fully saturated rings. The smallest absolute Gasteiger partial charge is 0.227 e. The number of halogens is 1. The molecular weight excluding hydrogens is 260 g/mol. The summed E-state index contributed by atoms with van der Waals surface area (Å²) in [5.74, 6) is 2.08. The summed E-state index contributed by atoms with van der Waals surface area (Å²) in [4.78, 5) is 12.4. The van der Waals surface area contributed by atoms with Crippen LogP contribution in [-0.4, -0.2) is 21.0 Å². The summed E-state index contributed by atoms with van der Waals surface area (Å²) in [7, 11) is 0. The van der Waals surface area contributed by atoms with Crippen LogP contribution in [0, 0.1) is 18.3 Å². The summed E-state index contributed by atoms with van der Waals surface area (Å²) in [6.45, 7) is 8.83. The van der Waals surface area contributed by atoms with E-state index >= 15 is 0 Å². The Morgan fingerprint density at radius 2 is 1.68 bits per heavy atom. The van der Waals surface area contributed by atoms with Crippen molar-refractivity contribution in [2.45, 2.75) is 59.4 Å². The zero-order valence-electron chi connectivity index (χ0n) is 12.2. The molecule has 0 amide bonds. The maximum atomic E-state index is 5.85. The van der Waals surface area contributed by atoms with Gasteiger partial charge in [-0.05, 0) is 55.5 Å². The van der Waals surface area contributed by atoms with Crippen molar-refractivity contribution in [3.63, 3.8) is 0 Å². The number of aryl methyl sites for hydroxylation is 1. The molecule has 0 bridgehead atoms. The lowest BCUT2D eigenvalue weighted by Crippen LogP contribution is -2.32. The van der Waals surface area contributed by atoms with Crippen molar-refractivity contribution in [2.75, 3.05) is 5.32 Å². The molecule has 1 aliphatic rings. The predicted octanol–water partition coefficient (Wildman–Crippen LogP) is 3.85. The molecule has 0 atom stereocenters. The van der Waals surface area contributed by atoms with Gasteiger partial charge >= 0.3 is 0 Å². The molecule has 0 saturated heterocycles. The first-order valence-electron chi connectivity index (χ1n) is 6.99. The topological polar surface area (TPSA) is 50.7 Å². The van der Waals surface area contributed by atoms with E-state index in [0.717, 1.165) is 5.92 Å². The summed E-state index contributed by atoms with van der Waals surface area (Å²) in [6, 6.07) is 0.455. The Morgan fingerprint density at radius 1 is 1.05 bits per heavy atom. The number of nitrogens with one attached hydrogen (secondary N) is 1. The standard InChI is InChI=1S/C14H23ClN4/c1-9-16-12(15)19-13(17-9)18-11-7-5-10(6-8-11)14(2,3)4/h10-11H,5-8H2,1-4H3,(H,16,17,18,19). The molecule has 0 radical (unpaired) electrons. The Labute approximate surface area is 120 Å². The second-order valence-corrected chi connectivity index (χ2v) is 6.87. The van der Waals surface area contributed by atoms with Crippen LogP contribution in [-0.2, 0) is 0 Å². The van der Waals surface area contributed by atoms with Crippen LogP contribution in [0.5, 0.6) is 0 Å². The molecule has 106 valence electrons. The molecule has 0 aliphatic heterocycles. The fourth-order valence-corrected chi connectivity index (χ4v) is 3.00. The molecule has 2 rings (SSSR count). The minimum Gasteiger partial charge on any atom is -0.351 e. The van der Waals surface area contributed by atoms with Gasteiger partial charge in [0.2, 0.25) is 11.2 Å². The normalized spacial score (nSPS) is 24.3. The van der Waals surface area contributed by atoms with Gasteiger partial charge in [-0.15, -0.1) is 0 Å². The molecule has 0 spiro atoms. The van der Waals surface area contributed by atoms with Crippen LogP contribution in [0.15, 0.2) is 0 Å². The Bertz CT molecular complexity index is 413. The third-order valence-corrected chi connectivity index (χ3v) is 4.17. The van der Waals surface area contributed by atoms with Crippen LogP contribution >= 0.6 is 11.6 Å². The Balaban J connectivity index is 1.92. The average Bonchev–Trinajstić information content (AvgIpc) is 2.26. The van der Waals surface area contributed by atoms with Gasteiger partial charge in [0.05, 0.1) is 0 Å². The molecule has 1 N–H and O–H groups in total. The lowest BCUT2D eigenvalue weighted by molar-refractivity contribution is 0.173. The molecule has 1 aliphatic carbocycles. The van der Waals surface area contributed by atoms with Crippen molar-refractivity contribution in [1.29, 1.82) is 0 Å². The van der Waals surface area contributed by atoms with E-state index in [1.165, 1.54) is 25.7 Å². The number of aromatic nitrogens is 3. The van der Waals surface area contributed by atoms with E-state index in [9.17, 15) is 0 Å². The first-order valence-corrected chi connectivity index (χ1v) is 7.37. The zero-order valence-corrected chi connectivity index (χ0v) is 13.0. The molecule has 4 nitrogen and oxygen atoms in total. The van der Waals surface area contributed by atoms with E-state index in [-0.39, 0.29) is 5.28 Å². The average molecular weight is 283 g/mol. The van der Waals surface area contributed by atoms with Crippen LogP contribution in [0.1, 0.15) is 52.3 Å². The maximum Gasteiger partial charge on any atom is 0.227 e. The van der Waals surface area contributed by atoms with Gasteiger partial charge in [-0.1, -0.05) is 20.8 Å². The van der Waals surface area contributed by atoms with Crippen molar-refractivity contribution in [2.24, 2.45) is 11.3 Å². The van der Waals surface area contributed by atoms with E-state index in [1.54, 1.807) is 0 Å². The molecule has 1 saturated carbocycles. The second-order valence-electron chi connectivity index (χ2n) is 6.53. The van der Waals surface area contributed by atoms with Gasteiger partial charge < -0.3 is 5.32 Å². The molecule has 1 heterocycles. The van der Waals surface area contributed by atoms with Gasteiger partial charge in [-0.2, -0.15) is 9.97 Å². The Hall–Kier alpha value is -0.900. The van der Waals surface area contributed by atoms with Gasteiger partial charge in [-0.3, -0.25) is 0 Å². The molecule has 5 heteroatoms. The monoisotopic (exact) mass is 282 g/mol. The van der Waals surface area contributed by atoms with E-state index < -0.39 is 0 Å². The van der Waals surface area contributed by atoms with Crippen molar-refractivity contribution in [3.8, 4) is 0 Å². The van der Waals surface area contributed by atoms with E-state index in [1.807, 2.05) is 6.92 Å². The highest BCUT2D eigenvalue weighted by atomic mass is 35.5. The minimum absolute atomic E-state index is 0.262. The summed E-state index contributed by atoms with van der Waals surface area (Å²) >= 11 is 5.85. The van der Waals surface area contributed by atoms with Crippen LogP contribution in [0.3, 0.4) is 0 Å². The third-order valence-electron chi connectivity index (χ3n) is 4.01. The van der Waals surface area contributed by atoms with Gasteiger partial charge in [-0.25, -0.2) is 4.98 Å². The van der Waals surface area contributed by atoms with Crippen molar-refractivity contribution >= 4 is 17.5 Å². The minimum atomic E-state index is 0.262. The lowest BCUT2D eigenvalue weighted by Gasteiger charge is -2.37. The fraction of sp³-hybridized carbons (Fsp3) is 0.786. The van der Waals surface area contributed by atoms with Gasteiger partial charge in [0, 0.05) is 6.04 Å². The first kappa shape index (κ1) is 14.5. The highest BCUT2D eigenvalue weighted by Gasteiger charge is 2.29. The van der Waals surface area contributed by atoms with Crippen molar-refractivity contribution in [1.82, 2.24) is 15.0 Å².